The van der Waals surface area contributed by atoms with E-state index in [-0.39, 0.29) is 30.1 Å². The van der Waals surface area contributed by atoms with Crippen molar-refractivity contribution in [1.29, 1.82) is 0 Å². The van der Waals surface area contributed by atoms with Crippen molar-refractivity contribution in [2.45, 2.75) is 38.1 Å². The van der Waals surface area contributed by atoms with Gasteiger partial charge in [-0.15, -0.1) is 0 Å². The average Bonchev–Trinajstić information content (AvgIpc) is 2.50. The molecule has 1 N–H and O–H groups in total. The van der Waals surface area contributed by atoms with Crippen LogP contribution >= 0.6 is 0 Å². The third-order valence-corrected chi connectivity index (χ3v) is 4.05. The number of Topliss-reactive ketones (excluding diaryl/α,β-unsaturated/α-hetero) is 1. The minimum atomic E-state index is -0.940. The van der Waals surface area contributed by atoms with Gasteiger partial charge in [-0.1, -0.05) is 0 Å². The molecule has 2 atom stereocenters. The molecular formula is C17H19F2NO4. The fraction of sp³-hybridized carbons (Fsp3) is 0.471. The molecule has 0 heterocycles. The molecule has 1 fully saturated rings. The molecule has 1 aromatic rings. The van der Waals surface area contributed by atoms with E-state index in [4.69, 9.17) is 4.74 Å². The SMILES string of the molecule is COC(=O)[C@H](NC(=O)Cc1cc(F)cc(F)c1)[C@@H]1CCCC(=O)C1. The van der Waals surface area contributed by atoms with E-state index in [1.54, 1.807) is 0 Å². The van der Waals surface area contributed by atoms with Crippen LogP contribution in [-0.4, -0.2) is 30.8 Å². The lowest BCUT2D eigenvalue weighted by Crippen LogP contribution is -2.48. The van der Waals surface area contributed by atoms with Crippen LogP contribution in [0, 0.1) is 17.6 Å². The zero-order valence-electron chi connectivity index (χ0n) is 13.3. The highest BCUT2D eigenvalue weighted by Crippen LogP contribution is 2.25. The third kappa shape index (κ3) is 4.84. The average molecular weight is 339 g/mol. The third-order valence-electron chi connectivity index (χ3n) is 4.05. The minimum absolute atomic E-state index is 0.0432. The second-order valence-corrected chi connectivity index (χ2v) is 5.92. The smallest absolute Gasteiger partial charge is 0.328 e. The molecule has 24 heavy (non-hydrogen) atoms. The summed E-state index contributed by atoms with van der Waals surface area (Å²) >= 11 is 0. The van der Waals surface area contributed by atoms with Gasteiger partial charge in [0, 0.05) is 18.9 Å². The van der Waals surface area contributed by atoms with Crippen LogP contribution in [0.1, 0.15) is 31.2 Å². The van der Waals surface area contributed by atoms with Crippen molar-refractivity contribution in [3.63, 3.8) is 0 Å². The summed E-state index contributed by atoms with van der Waals surface area (Å²) in [5, 5.41) is 2.53. The Morgan fingerprint density at radius 1 is 1.29 bits per heavy atom. The van der Waals surface area contributed by atoms with E-state index >= 15 is 0 Å². The van der Waals surface area contributed by atoms with E-state index in [1.165, 1.54) is 7.11 Å². The molecule has 0 unspecified atom stereocenters. The fourth-order valence-electron chi connectivity index (χ4n) is 2.96. The van der Waals surface area contributed by atoms with E-state index in [0.29, 0.717) is 25.3 Å². The van der Waals surface area contributed by atoms with Crippen molar-refractivity contribution in [3.8, 4) is 0 Å². The standard InChI is InChI=1S/C17H19F2NO4/c1-24-17(23)16(11-3-2-4-14(21)8-11)20-15(22)7-10-5-12(18)9-13(19)6-10/h5-6,9,11,16H,2-4,7-8H2,1H3,(H,20,22)/t11-,16-/m1/s1. The first kappa shape index (κ1) is 18.0. The highest BCUT2D eigenvalue weighted by molar-refractivity contribution is 5.87. The maximum atomic E-state index is 13.2. The molecule has 1 aliphatic carbocycles. The Kier molecular flexibility index (Phi) is 6.00. The first-order chi connectivity index (χ1) is 11.4. The van der Waals surface area contributed by atoms with E-state index in [1.807, 2.05) is 0 Å². The molecule has 1 aliphatic rings. The minimum Gasteiger partial charge on any atom is -0.467 e. The zero-order valence-corrected chi connectivity index (χ0v) is 13.3. The molecule has 7 heteroatoms. The number of hydrogen-bond acceptors (Lipinski definition) is 4. The topological polar surface area (TPSA) is 72.5 Å². The van der Waals surface area contributed by atoms with Crippen molar-refractivity contribution < 1.29 is 27.9 Å². The van der Waals surface area contributed by atoms with Gasteiger partial charge in [-0.05, 0) is 36.5 Å². The lowest BCUT2D eigenvalue weighted by Gasteiger charge is -2.28. The number of methoxy groups -OCH3 is 1. The van der Waals surface area contributed by atoms with Crippen LogP contribution in [0.15, 0.2) is 18.2 Å². The van der Waals surface area contributed by atoms with E-state index in [9.17, 15) is 23.2 Å². The maximum absolute atomic E-state index is 13.2. The van der Waals surface area contributed by atoms with Crippen LogP contribution in [0.2, 0.25) is 0 Å². The Hall–Kier alpha value is -2.31. The number of esters is 1. The predicted octanol–water partition coefficient (Wildman–Crippen LogP) is 1.92. The highest BCUT2D eigenvalue weighted by Gasteiger charge is 2.34. The number of rotatable bonds is 5. The molecular weight excluding hydrogens is 320 g/mol. The number of ether oxygens (including phenoxy) is 1. The molecule has 1 saturated carbocycles. The number of benzene rings is 1. The van der Waals surface area contributed by atoms with Gasteiger partial charge in [-0.3, -0.25) is 9.59 Å². The van der Waals surface area contributed by atoms with Gasteiger partial charge >= 0.3 is 5.97 Å². The van der Waals surface area contributed by atoms with E-state index < -0.39 is 29.6 Å². The number of nitrogens with one attached hydrogen (secondary N) is 1. The number of ketones is 1. The number of carbonyl (C=O) groups excluding carboxylic acids is 3. The summed E-state index contributed by atoms with van der Waals surface area (Å²) in [6.45, 7) is 0. The molecule has 0 saturated heterocycles. The molecule has 1 amide bonds. The predicted molar refractivity (Wildman–Crippen MR) is 81.0 cm³/mol. The first-order valence-corrected chi connectivity index (χ1v) is 7.73. The van der Waals surface area contributed by atoms with Gasteiger partial charge in [0.1, 0.15) is 23.5 Å². The summed E-state index contributed by atoms with van der Waals surface area (Å²) < 4.78 is 31.1. The van der Waals surface area contributed by atoms with Crippen molar-refractivity contribution in [2.24, 2.45) is 5.92 Å². The Balaban J connectivity index is 2.06. The van der Waals surface area contributed by atoms with Crippen LogP contribution in [-0.2, 0) is 25.5 Å². The van der Waals surface area contributed by atoms with E-state index in [2.05, 4.69) is 5.32 Å². The maximum Gasteiger partial charge on any atom is 0.328 e. The molecule has 0 aliphatic heterocycles. The number of carbonyl (C=O) groups is 3. The molecule has 2 rings (SSSR count). The van der Waals surface area contributed by atoms with Crippen molar-refractivity contribution in [2.75, 3.05) is 7.11 Å². The van der Waals surface area contributed by atoms with Crippen LogP contribution in [0.5, 0.6) is 0 Å². The van der Waals surface area contributed by atoms with Gasteiger partial charge in [0.15, 0.2) is 0 Å². The van der Waals surface area contributed by atoms with Crippen molar-refractivity contribution in [1.82, 2.24) is 5.32 Å². The largest absolute Gasteiger partial charge is 0.467 e. The Labute approximate surface area is 138 Å². The van der Waals surface area contributed by atoms with Crippen molar-refractivity contribution >= 4 is 17.7 Å². The highest BCUT2D eigenvalue weighted by atomic mass is 19.1. The van der Waals surface area contributed by atoms with Crippen LogP contribution in [0.4, 0.5) is 8.78 Å². The van der Waals surface area contributed by atoms with Crippen LogP contribution < -0.4 is 5.32 Å². The van der Waals surface area contributed by atoms with Gasteiger partial charge in [0.25, 0.3) is 0 Å². The fourth-order valence-corrected chi connectivity index (χ4v) is 2.96. The van der Waals surface area contributed by atoms with Crippen LogP contribution in [0.3, 0.4) is 0 Å². The summed E-state index contributed by atoms with van der Waals surface area (Å²) in [5.74, 6) is -3.03. The Morgan fingerprint density at radius 2 is 1.96 bits per heavy atom. The van der Waals surface area contributed by atoms with Crippen LogP contribution in [0.25, 0.3) is 0 Å². The molecule has 1 aromatic carbocycles. The quantitative estimate of drug-likeness (QED) is 0.832. The Bertz CT molecular complexity index is 627. The van der Waals surface area contributed by atoms with Gasteiger partial charge in [-0.25, -0.2) is 13.6 Å². The molecule has 0 radical (unpaired) electrons. The van der Waals surface area contributed by atoms with Gasteiger partial charge in [0.2, 0.25) is 5.91 Å². The Morgan fingerprint density at radius 3 is 2.54 bits per heavy atom. The lowest BCUT2D eigenvalue weighted by atomic mass is 9.83. The first-order valence-electron chi connectivity index (χ1n) is 7.73. The summed E-state index contributed by atoms with van der Waals surface area (Å²) in [5.41, 5.74) is 0.160. The van der Waals surface area contributed by atoms with Gasteiger partial charge < -0.3 is 10.1 Å². The normalized spacial score (nSPS) is 18.8. The number of hydrogen-bond donors (Lipinski definition) is 1. The second-order valence-electron chi connectivity index (χ2n) is 5.92. The van der Waals surface area contributed by atoms with Gasteiger partial charge in [-0.2, -0.15) is 0 Å². The summed E-state index contributed by atoms with van der Waals surface area (Å²) in [6.07, 6.45) is 1.68. The molecule has 5 nitrogen and oxygen atoms in total. The summed E-state index contributed by atoms with van der Waals surface area (Å²) in [7, 11) is 1.20. The van der Waals surface area contributed by atoms with E-state index in [0.717, 1.165) is 12.1 Å². The number of amides is 1. The van der Waals surface area contributed by atoms with Crippen molar-refractivity contribution in [3.05, 3.63) is 35.4 Å². The summed E-state index contributed by atoms with van der Waals surface area (Å²) in [4.78, 5) is 35.7. The monoisotopic (exact) mass is 339 g/mol. The zero-order chi connectivity index (χ0) is 17.7. The second kappa shape index (κ2) is 7.99. The molecule has 0 bridgehead atoms. The van der Waals surface area contributed by atoms with Gasteiger partial charge in [0.05, 0.1) is 13.5 Å². The molecule has 130 valence electrons. The number of halogens is 2. The molecule has 0 spiro atoms. The lowest BCUT2D eigenvalue weighted by molar-refractivity contribution is -0.147. The molecule has 0 aromatic heterocycles. The summed E-state index contributed by atoms with van der Waals surface area (Å²) in [6, 6.07) is 1.89.